The van der Waals surface area contributed by atoms with Gasteiger partial charge in [-0.05, 0) is 62.1 Å². The SMILES string of the molecule is CNc1ccc(-n2ccn(-c3c4c(nn3-c3cc(C)c(F)c(C)c3)CCC3COCC4N3)c2=O)c(F)c1C=N. The molecular weight excluding hydrogens is 504 g/mol. The molecule has 202 valence electrons. The summed E-state index contributed by atoms with van der Waals surface area (Å²) in [5.74, 6) is -0.466. The summed E-state index contributed by atoms with van der Waals surface area (Å²) in [5.41, 5.74) is 3.27. The second-order valence-corrected chi connectivity index (χ2v) is 10.1. The number of ether oxygens (including phenoxy) is 1. The number of halogens is 2. The molecule has 0 aliphatic carbocycles. The van der Waals surface area contributed by atoms with E-state index in [1.54, 1.807) is 50.0 Å². The number of hydrogen-bond acceptors (Lipinski definition) is 6. The van der Waals surface area contributed by atoms with Crippen LogP contribution in [0.2, 0.25) is 0 Å². The molecule has 9 nitrogen and oxygen atoms in total. The third kappa shape index (κ3) is 4.00. The molecule has 3 N–H and O–H groups in total. The summed E-state index contributed by atoms with van der Waals surface area (Å²) in [7, 11) is 1.64. The zero-order chi connectivity index (χ0) is 27.4. The fraction of sp³-hybridized carbons (Fsp3) is 0.321. The highest BCUT2D eigenvalue weighted by atomic mass is 19.1. The lowest BCUT2D eigenvalue weighted by Crippen LogP contribution is -2.43. The molecule has 2 atom stereocenters. The molecule has 0 amide bonds. The molecule has 1 fully saturated rings. The van der Waals surface area contributed by atoms with Crippen LogP contribution in [0.1, 0.15) is 40.4 Å². The van der Waals surface area contributed by atoms with Crippen LogP contribution >= 0.6 is 0 Å². The Labute approximate surface area is 223 Å². The Morgan fingerprint density at radius 3 is 2.59 bits per heavy atom. The first-order chi connectivity index (χ1) is 18.8. The Morgan fingerprint density at radius 2 is 1.87 bits per heavy atom. The van der Waals surface area contributed by atoms with Crippen molar-refractivity contribution in [1.29, 1.82) is 5.41 Å². The maximum absolute atomic E-state index is 15.5. The van der Waals surface area contributed by atoms with Gasteiger partial charge in [-0.3, -0.25) is 9.13 Å². The number of morpholine rings is 1. The third-order valence-electron chi connectivity index (χ3n) is 7.60. The quantitative estimate of drug-likeness (QED) is 0.340. The van der Waals surface area contributed by atoms with Gasteiger partial charge in [-0.25, -0.2) is 18.3 Å². The number of imidazole rings is 1. The van der Waals surface area contributed by atoms with Crippen molar-refractivity contribution in [3.8, 4) is 17.2 Å². The van der Waals surface area contributed by atoms with Gasteiger partial charge in [0.2, 0.25) is 0 Å². The van der Waals surface area contributed by atoms with Gasteiger partial charge >= 0.3 is 5.69 Å². The molecule has 0 saturated carbocycles. The van der Waals surface area contributed by atoms with Gasteiger partial charge in [0.05, 0.1) is 41.9 Å². The van der Waals surface area contributed by atoms with Gasteiger partial charge in [0, 0.05) is 42.9 Å². The molecule has 2 aromatic carbocycles. The average molecular weight is 534 g/mol. The molecule has 2 aliphatic rings. The molecule has 0 spiro atoms. The number of nitrogens with one attached hydrogen (secondary N) is 3. The van der Waals surface area contributed by atoms with Crippen molar-refractivity contribution in [2.24, 2.45) is 0 Å². The van der Waals surface area contributed by atoms with E-state index in [9.17, 15) is 9.18 Å². The van der Waals surface area contributed by atoms with Crippen LogP contribution in [-0.2, 0) is 11.2 Å². The summed E-state index contributed by atoms with van der Waals surface area (Å²) in [6.07, 6.45) is 5.52. The number of rotatable bonds is 5. The van der Waals surface area contributed by atoms with Crippen LogP contribution in [0, 0.1) is 30.9 Å². The third-order valence-corrected chi connectivity index (χ3v) is 7.60. The van der Waals surface area contributed by atoms with E-state index in [0.717, 1.165) is 23.9 Å². The molecule has 2 aliphatic heterocycles. The Morgan fingerprint density at radius 1 is 1.13 bits per heavy atom. The molecule has 2 bridgehead atoms. The van der Waals surface area contributed by atoms with Crippen molar-refractivity contribution < 1.29 is 13.5 Å². The number of anilines is 1. The largest absolute Gasteiger partial charge is 0.388 e. The van der Waals surface area contributed by atoms with Crippen molar-refractivity contribution in [2.45, 2.75) is 38.8 Å². The maximum Gasteiger partial charge on any atom is 0.338 e. The van der Waals surface area contributed by atoms with Crippen LogP contribution in [0.5, 0.6) is 0 Å². The molecule has 6 rings (SSSR count). The molecule has 4 aromatic rings. The van der Waals surface area contributed by atoms with Crippen molar-refractivity contribution in [3.63, 3.8) is 0 Å². The number of hydrogen-bond donors (Lipinski definition) is 3. The minimum atomic E-state index is -0.681. The van der Waals surface area contributed by atoms with Crippen LogP contribution in [-0.4, -0.2) is 51.4 Å². The normalized spacial score (nSPS) is 18.5. The van der Waals surface area contributed by atoms with Gasteiger partial charge in [-0.1, -0.05) is 0 Å². The minimum Gasteiger partial charge on any atom is -0.388 e. The van der Waals surface area contributed by atoms with Crippen molar-refractivity contribution in [3.05, 3.63) is 86.7 Å². The molecule has 11 heteroatoms. The first-order valence-corrected chi connectivity index (χ1v) is 12.9. The molecule has 0 radical (unpaired) electrons. The van der Waals surface area contributed by atoms with E-state index < -0.39 is 11.5 Å². The second kappa shape index (κ2) is 9.58. The topological polar surface area (TPSA) is 102 Å². The zero-order valence-corrected chi connectivity index (χ0v) is 21.9. The highest BCUT2D eigenvalue weighted by Crippen LogP contribution is 2.34. The summed E-state index contributed by atoms with van der Waals surface area (Å²) in [6, 6.07) is 6.53. The van der Waals surface area contributed by atoms with E-state index in [1.165, 1.54) is 21.4 Å². The summed E-state index contributed by atoms with van der Waals surface area (Å²) in [4.78, 5) is 13.9. The Balaban J connectivity index is 1.59. The van der Waals surface area contributed by atoms with Crippen molar-refractivity contribution >= 4 is 11.9 Å². The van der Waals surface area contributed by atoms with Crippen LogP contribution in [0.25, 0.3) is 17.2 Å². The lowest BCUT2D eigenvalue weighted by atomic mass is 10.1. The van der Waals surface area contributed by atoms with Crippen molar-refractivity contribution in [1.82, 2.24) is 24.2 Å². The van der Waals surface area contributed by atoms with E-state index >= 15 is 4.39 Å². The highest BCUT2D eigenvalue weighted by Gasteiger charge is 2.35. The molecular formula is C28H29F2N7O2. The summed E-state index contributed by atoms with van der Waals surface area (Å²) < 4.78 is 40.2. The Hall–Kier alpha value is -4.09. The number of fused-ring (bicyclic) bond motifs is 4. The second-order valence-electron chi connectivity index (χ2n) is 10.1. The molecule has 39 heavy (non-hydrogen) atoms. The summed E-state index contributed by atoms with van der Waals surface area (Å²) in [6.45, 7) is 4.42. The molecule has 2 unspecified atom stereocenters. The molecule has 2 aromatic heterocycles. The predicted molar refractivity (Wildman–Crippen MR) is 144 cm³/mol. The highest BCUT2D eigenvalue weighted by molar-refractivity contribution is 5.87. The zero-order valence-electron chi connectivity index (χ0n) is 21.9. The van der Waals surface area contributed by atoms with E-state index in [4.69, 9.17) is 15.2 Å². The maximum atomic E-state index is 15.5. The van der Waals surface area contributed by atoms with Gasteiger partial charge in [0.1, 0.15) is 11.6 Å². The van der Waals surface area contributed by atoms with Crippen LogP contribution in [0.15, 0.2) is 41.5 Å². The Bertz CT molecular complexity index is 1650. The van der Waals surface area contributed by atoms with Gasteiger partial charge in [0.15, 0.2) is 5.82 Å². The van der Waals surface area contributed by atoms with E-state index in [-0.39, 0.29) is 29.2 Å². The summed E-state index contributed by atoms with van der Waals surface area (Å²) >= 11 is 0. The van der Waals surface area contributed by atoms with Crippen LogP contribution in [0.3, 0.4) is 0 Å². The Kier molecular flexibility index (Phi) is 6.19. The number of aromatic nitrogens is 4. The minimum absolute atomic E-state index is 0.0288. The fourth-order valence-corrected chi connectivity index (χ4v) is 5.67. The number of aryl methyl sites for hydroxylation is 3. The van der Waals surface area contributed by atoms with Gasteiger partial charge in [-0.15, -0.1) is 0 Å². The standard InChI is InChI=1S/C28H29F2N7O2/c1-15-10-18(11-16(2)25(15)29)37-27(24-21(34-37)5-4-17-13-39-14-22(24)33-17)36-9-8-35(28(36)38)23-7-6-20(32-3)19(12-31)26(23)30/h6-12,17,22,31-33H,4-5,13-14H2,1-3H3. The van der Waals surface area contributed by atoms with Crippen molar-refractivity contribution in [2.75, 3.05) is 25.6 Å². The lowest BCUT2D eigenvalue weighted by Gasteiger charge is -2.29. The van der Waals surface area contributed by atoms with Gasteiger partial charge in [-0.2, -0.15) is 5.10 Å². The number of nitrogens with zero attached hydrogens (tertiary/aromatic N) is 4. The first kappa shape index (κ1) is 25.2. The van der Waals surface area contributed by atoms with E-state index in [1.807, 2.05) is 0 Å². The van der Waals surface area contributed by atoms with Crippen LogP contribution in [0.4, 0.5) is 14.5 Å². The number of benzene rings is 2. The molecule has 1 saturated heterocycles. The monoisotopic (exact) mass is 533 g/mol. The van der Waals surface area contributed by atoms with Gasteiger partial charge < -0.3 is 20.8 Å². The van der Waals surface area contributed by atoms with Crippen LogP contribution < -0.4 is 16.3 Å². The first-order valence-electron chi connectivity index (χ1n) is 12.9. The lowest BCUT2D eigenvalue weighted by molar-refractivity contribution is 0.0456. The van der Waals surface area contributed by atoms with Gasteiger partial charge in [0.25, 0.3) is 0 Å². The van der Waals surface area contributed by atoms with E-state index in [2.05, 4.69) is 10.6 Å². The smallest absolute Gasteiger partial charge is 0.338 e. The predicted octanol–water partition coefficient (Wildman–Crippen LogP) is 3.72. The van der Waals surface area contributed by atoms with E-state index in [0.29, 0.717) is 48.0 Å². The molecule has 4 heterocycles. The fourth-order valence-electron chi connectivity index (χ4n) is 5.67. The summed E-state index contributed by atoms with van der Waals surface area (Å²) in [5, 5.41) is 19.1. The average Bonchev–Trinajstić information content (AvgIpc) is 3.46.